The highest BCUT2D eigenvalue weighted by Crippen LogP contribution is 2.23. The molecule has 3 aromatic heterocycles. The summed E-state index contributed by atoms with van der Waals surface area (Å²) in [4.78, 5) is 12.3. The van der Waals surface area contributed by atoms with Crippen molar-refractivity contribution in [3.63, 3.8) is 0 Å². The van der Waals surface area contributed by atoms with Gasteiger partial charge in [0.25, 0.3) is 5.89 Å². The van der Waals surface area contributed by atoms with E-state index in [0.29, 0.717) is 23.0 Å². The Kier molecular flexibility index (Phi) is 2.96. The predicted octanol–water partition coefficient (Wildman–Crippen LogP) is 2.54. The zero-order valence-electron chi connectivity index (χ0n) is 9.62. The van der Waals surface area contributed by atoms with E-state index in [0.717, 1.165) is 10.0 Å². The van der Waals surface area contributed by atoms with Crippen molar-refractivity contribution in [3.05, 3.63) is 41.4 Å². The number of anilines is 1. The normalized spacial score (nSPS) is 10.6. The summed E-state index contributed by atoms with van der Waals surface area (Å²) in [5.41, 5.74) is 7.66. The van der Waals surface area contributed by atoms with E-state index in [9.17, 15) is 0 Å². The largest absolute Gasteiger partial charge is 0.397 e. The standard InChI is InChI=1S/C12H8BrN5O/c13-9-1-7(3-15-5-9)11-17-12(19-18-11)8-2-10(14)6-16-4-8/h1-6H,14H2. The lowest BCUT2D eigenvalue weighted by molar-refractivity contribution is 0.432. The molecular formula is C12H8BrN5O. The van der Waals surface area contributed by atoms with Crippen molar-refractivity contribution in [1.29, 1.82) is 0 Å². The van der Waals surface area contributed by atoms with E-state index in [1.807, 2.05) is 6.07 Å². The third kappa shape index (κ3) is 2.45. The molecule has 0 aliphatic carbocycles. The molecule has 0 radical (unpaired) electrons. The molecule has 0 atom stereocenters. The molecule has 0 aliphatic heterocycles. The highest BCUT2D eigenvalue weighted by atomic mass is 79.9. The number of aromatic nitrogens is 4. The number of hydrogen-bond acceptors (Lipinski definition) is 6. The van der Waals surface area contributed by atoms with Crippen LogP contribution >= 0.6 is 15.9 Å². The smallest absolute Gasteiger partial charge is 0.259 e. The first-order chi connectivity index (χ1) is 9.22. The Labute approximate surface area is 116 Å². The molecule has 0 fully saturated rings. The first-order valence-electron chi connectivity index (χ1n) is 5.38. The van der Waals surface area contributed by atoms with Crippen LogP contribution < -0.4 is 5.73 Å². The molecule has 0 aromatic carbocycles. The summed E-state index contributed by atoms with van der Waals surface area (Å²) in [5, 5.41) is 3.92. The van der Waals surface area contributed by atoms with E-state index in [1.54, 1.807) is 30.9 Å². The first kappa shape index (κ1) is 11.8. The second kappa shape index (κ2) is 4.77. The molecular weight excluding hydrogens is 310 g/mol. The molecule has 0 saturated carbocycles. The number of nitrogens with zero attached hydrogens (tertiary/aromatic N) is 4. The van der Waals surface area contributed by atoms with Gasteiger partial charge in [0.05, 0.1) is 11.3 Å². The molecule has 19 heavy (non-hydrogen) atoms. The molecule has 7 heteroatoms. The Morgan fingerprint density at radius 3 is 2.58 bits per heavy atom. The monoisotopic (exact) mass is 317 g/mol. The maximum absolute atomic E-state index is 5.67. The number of pyridine rings is 2. The number of rotatable bonds is 2. The fraction of sp³-hybridized carbons (Fsp3) is 0. The van der Waals surface area contributed by atoms with Gasteiger partial charge in [0.1, 0.15) is 0 Å². The van der Waals surface area contributed by atoms with E-state index in [4.69, 9.17) is 10.3 Å². The highest BCUT2D eigenvalue weighted by Gasteiger charge is 2.11. The minimum Gasteiger partial charge on any atom is -0.397 e. The quantitative estimate of drug-likeness (QED) is 0.781. The summed E-state index contributed by atoms with van der Waals surface area (Å²) >= 11 is 3.35. The van der Waals surface area contributed by atoms with Gasteiger partial charge in [-0.15, -0.1) is 0 Å². The Balaban J connectivity index is 2.00. The summed E-state index contributed by atoms with van der Waals surface area (Å²) in [6.45, 7) is 0. The van der Waals surface area contributed by atoms with Crippen molar-refractivity contribution < 1.29 is 4.52 Å². The minimum atomic E-state index is 0.370. The molecule has 0 bridgehead atoms. The van der Waals surface area contributed by atoms with Gasteiger partial charge < -0.3 is 10.3 Å². The molecule has 0 spiro atoms. The third-order valence-electron chi connectivity index (χ3n) is 2.40. The van der Waals surface area contributed by atoms with Crippen LogP contribution in [-0.2, 0) is 0 Å². The van der Waals surface area contributed by atoms with Gasteiger partial charge in [-0.25, -0.2) is 0 Å². The van der Waals surface area contributed by atoms with Gasteiger partial charge >= 0.3 is 0 Å². The van der Waals surface area contributed by atoms with Gasteiger partial charge in [-0.1, -0.05) is 5.16 Å². The maximum atomic E-state index is 5.67. The van der Waals surface area contributed by atoms with E-state index in [1.165, 1.54) is 0 Å². The fourth-order valence-corrected chi connectivity index (χ4v) is 1.93. The molecule has 2 N–H and O–H groups in total. The van der Waals surface area contributed by atoms with Gasteiger partial charge in [-0.3, -0.25) is 9.97 Å². The highest BCUT2D eigenvalue weighted by molar-refractivity contribution is 9.10. The van der Waals surface area contributed by atoms with Crippen molar-refractivity contribution in [3.8, 4) is 22.8 Å². The second-order valence-electron chi connectivity index (χ2n) is 3.82. The molecule has 0 unspecified atom stereocenters. The lowest BCUT2D eigenvalue weighted by Crippen LogP contribution is -1.88. The summed E-state index contributed by atoms with van der Waals surface area (Å²) in [5.74, 6) is 0.834. The summed E-state index contributed by atoms with van der Waals surface area (Å²) in [6, 6.07) is 3.59. The topological polar surface area (TPSA) is 90.7 Å². The van der Waals surface area contributed by atoms with Gasteiger partial charge in [0, 0.05) is 34.8 Å². The summed E-state index contributed by atoms with van der Waals surface area (Å²) in [7, 11) is 0. The van der Waals surface area contributed by atoms with Crippen molar-refractivity contribution in [2.24, 2.45) is 0 Å². The van der Waals surface area contributed by atoms with E-state index >= 15 is 0 Å². The van der Waals surface area contributed by atoms with E-state index in [2.05, 4.69) is 36.0 Å². The average Bonchev–Trinajstić information content (AvgIpc) is 2.88. The van der Waals surface area contributed by atoms with E-state index < -0.39 is 0 Å². The minimum absolute atomic E-state index is 0.370. The molecule has 3 aromatic rings. The van der Waals surface area contributed by atoms with Crippen LogP contribution in [0.3, 0.4) is 0 Å². The Hall–Kier alpha value is -2.28. The van der Waals surface area contributed by atoms with Crippen LogP contribution in [-0.4, -0.2) is 20.1 Å². The van der Waals surface area contributed by atoms with Crippen molar-refractivity contribution >= 4 is 21.6 Å². The van der Waals surface area contributed by atoms with Gasteiger partial charge in [0.2, 0.25) is 5.82 Å². The average molecular weight is 318 g/mol. The van der Waals surface area contributed by atoms with Crippen LogP contribution in [0.15, 0.2) is 45.9 Å². The van der Waals surface area contributed by atoms with E-state index in [-0.39, 0.29) is 0 Å². The fourth-order valence-electron chi connectivity index (χ4n) is 1.57. The van der Waals surface area contributed by atoms with Gasteiger partial charge in [-0.2, -0.15) is 4.98 Å². The molecule has 0 amide bonds. The number of nitrogen functional groups attached to an aromatic ring is 1. The molecule has 3 heterocycles. The molecule has 6 nitrogen and oxygen atoms in total. The van der Waals surface area contributed by atoms with Gasteiger partial charge in [0.15, 0.2) is 0 Å². The van der Waals surface area contributed by atoms with Crippen molar-refractivity contribution in [2.45, 2.75) is 0 Å². The number of hydrogen-bond donors (Lipinski definition) is 1. The summed E-state index contributed by atoms with van der Waals surface area (Å²) in [6.07, 6.45) is 6.52. The lowest BCUT2D eigenvalue weighted by Gasteiger charge is -1.95. The van der Waals surface area contributed by atoms with Crippen LogP contribution in [0.25, 0.3) is 22.8 Å². The zero-order chi connectivity index (χ0) is 13.2. The Bertz CT molecular complexity index is 667. The first-order valence-corrected chi connectivity index (χ1v) is 6.17. The Morgan fingerprint density at radius 2 is 1.79 bits per heavy atom. The predicted molar refractivity (Wildman–Crippen MR) is 72.9 cm³/mol. The zero-order valence-corrected chi connectivity index (χ0v) is 11.2. The third-order valence-corrected chi connectivity index (χ3v) is 2.83. The second-order valence-corrected chi connectivity index (χ2v) is 4.74. The van der Waals surface area contributed by atoms with Crippen LogP contribution in [0, 0.1) is 0 Å². The summed E-state index contributed by atoms with van der Waals surface area (Å²) < 4.78 is 6.05. The van der Waals surface area contributed by atoms with Crippen LogP contribution in [0.2, 0.25) is 0 Å². The lowest BCUT2D eigenvalue weighted by atomic mass is 10.2. The Morgan fingerprint density at radius 1 is 1.00 bits per heavy atom. The number of halogens is 1. The van der Waals surface area contributed by atoms with Crippen LogP contribution in [0.5, 0.6) is 0 Å². The molecule has 0 saturated heterocycles. The molecule has 0 aliphatic rings. The van der Waals surface area contributed by atoms with Crippen molar-refractivity contribution in [2.75, 3.05) is 5.73 Å². The van der Waals surface area contributed by atoms with Gasteiger partial charge in [-0.05, 0) is 28.1 Å². The van der Waals surface area contributed by atoms with Crippen LogP contribution in [0.4, 0.5) is 5.69 Å². The van der Waals surface area contributed by atoms with Crippen molar-refractivity contribution in [1.82, 2.24) is 20.1 Å². The van der Waals surface area contributed by atoms with Crippen LogP contribution in [0.1, 0.15) is 0 Å². The SMILES string of the molecule is Nc1cncc(-c2nc(-c3cncc(Br)c3)no2)c1. The number of nitrogens with two attached hydrogens (primary N) is 1. The molecule has 3 rings (SSSR count). The molecule has 94 valence electrons. The maximum Gasteiger partial charge on any atom is 0.259 e.